The summed E-state index contributed by atoms with van der Waals surface area (Å²) < 4.78 is 21.8. The average Bonchev–Trinajstić information content (AvgIpc) is 3.31. The van der Waals surface area contributed by atoms with Crippen molar-refractivity contribution in [1.82, 2.24) is 20.2 Å². The van der Waals surface area contributed by atoms with E-state index in [4.69, 9.17) is 4.43 Å². The van der Waals surface area contributed by atoms with Crippen LogP contribution in [-0.4, -0.2) is 64.3 Å². The number of carbonyl (C=O) groups is 1. The summed E-state index contributed by atoms with van der Waals surface area (Å²) in [5.41, 5.74) is 0.439. The highest BCUT2D eigenvalue weighted by molar-refractivity contribution is 6.74. The highest BCUT2D eigenvalue weighted by Crippen LogP contribution is 2.42. The van der Waals surface area contributed by atoms with Gasteiger partial charge >= 0.3 is 0 Å². The van der Waals surface area contributed by atoms with Crippen LogP contribution in [0.25, 0.3) is 0 Å². The zero-order chi connectivity index (χ0) is 22.1. The van der Waals surface area contributed by atoms with E-state index in [1.54, 1.807) is 12.3 Å². The summed E-state index contributed by atoms with van der Waals surface area (Å²) in [5, 5.41) is 19.3. The fourth-order valence-corrected chi connectivity index (χ4v) is 4.74. The molecule has 1 fully saturated rings. The first kappa shape index (κ1) is 22.5. The van der Waals surface area contributed by atoms with E-state index < -0.39 is 26.6 Å². The number of aliphatic hydroxyl groups is 1. The maximum absolute atomic E-state index is 15.5. The average molecular weight is 436 g/mol. The standard InChI is InChI=1S/C20H30FN5O3Si/c1-20(2,3)30(4,5)29-18-12(10-27)8-15(16(18)21)25-19-13(9-22-11-23-19)17(28)14-6-7-24-26-14/h6-7,9,11-12,15-16,18,27H,8,10H2,1-5H3,(H,24,26)(H,22,23,25)/t12-,15-,16-,18-/m1/s1. The molecule has 0 aliphatic heterocycles. The molecule has 0 aromatic carbocycles. The third-order valence-electron chi connectivity index (χ3n) is 6.20. The van der Waals surface area contributed by atoms with Gasteiger partial charge in [-0.1, -0.05) is 20.8 Å². The molecule has 3 N–H and O–H groups in total. The van der Waals surface area contributed by atoms with Crippen LogP contribution < -0.4 is 5.32 Å². The summed E-state index contributed by atoms with van der Waals surface area (Å²) in [6, 6.07) is 0.912. The fourth-order valence-electron chi connectivity index (χ4n) is 3.39. The van der Waals surface area contributed by atoms with Crippen LogP contribution in [-0.2, 0) is 4.43 Å². The van der Waals surface area contributed by atoms with Crippen LogP contribution in [0, 0.1) is 5.92 Å². The first-order chi connectivity index (χ1) is 14.0. The van der Waals surface area contributed by atoms with Crippen molar-refractivity contribution in [3.05, 3.63) is 36.0 Å². The van der Waals surface area contributed by atoms with Crippen molar-refractivity contribution in [2.24, 2.45) is 5.92 Å². The molecular weight excluding hydrogens is 405 g/mol. The van der Waals surface area contributed by atoms with Crippen molar-refractivity contribution in [3.63, 3.8) is 0 Å². The Bertz CT molecular complexity index is 872. The predicted octanol–water partition coefficient (Wildman–Crippen LogP) is 2.95. The summed E-state index contributed by atoms with van der Waals surface area (Å²) >= 11 is 0. The quantitative estimate of drug-likeness (QED) is 0.453. The molecule has 2 heterocycles. The number of aliphatic hydroxyl groups excluding tert-OH is 1. The third kappa shape index (κ3) is 4.45. The van der Waals surface area contributed by atoms with Gasteiger partial charge < -0.3 is 14.8 Å². The second-order valence-corrected chi connectivity index (χ2v) is 14.0. The van der Waals surface area contributed by atoms with E-state index in [-0.39, 0.29) is 40.4 Å². The van der Waals surface area contributed by atoms with Crippen LogP contribution in [0.5, 0.6) is 0 Å². The minimum Gasteiger partial charge on any atom is -0.411 e. The second kappa shape index (κ2) is 8.52. The lowest BCUT2D eigenvalue weighted by Gasteiger charge is -2.40. The van der Waals surface area contributed by atoms with E-state index in [1.165, 1.54) is 12.5 Å². The summed E-state index contributed by atoms with van der Waals surface area (Å²) in [5.74, 6) is -0.449. The summed E-state index contributed by atoms with van der Waals surface area (Å²) in [4.78, 5) is 20.8. The van der Waals surface area contributed by atoms with E-state index >= 15 is 4.39 Å². The number of aromatic amines is 1. The van der Waals surface area contributed by atoms with Gasteiger partial charge in [0.25, 0.3) is 0 Å². The van der Waals surface area contributed by atoms with Gasteiger partial charge in [-0.05, 0) is 30.6 Å². The molecule has 0 amide bonds. The molecule has 0 spiro atoms. The normalized spacial score (nSPS) is 24.8. The summed E-state index contributed by atoms with van der Waals surface area (Å²) in [6.07, 6.45) is 2.56. The Kier molecular flexibility index (Phi) is 6.39. The maximum Gasteiger partial charge on any atom is 0.218 e. The van der Waals surface area contributed by atoms with Crippen molar-refractivity contribution in [2.75, 3.05) is 11.9 Å². The number of ketones is 1. The Hall–Kier alpha value is -2.17. The van der Waals surface area contributed by atoms with E-state index in [2.05, 4.69) is 59.3 Å². The van der Waals surface area contributed by atoms with Crippen LogP contribution in [0.1, 0.15) is 43.2 Å². The minimum atomic E-state index is -2.23. The number of nitrogens with zero attached hydrogens (tertiary/aromatic N) is 3. The summed E-state index contributed by atoms with van der Waals surface area (Å²) in [7, 11) is -2.23. The molecule has 0 saturated heterocycles. The number of alkyl halides is 1. The number of anilines is 1. The first-order valence-corrected chi connectivity index (χ1v) is 13.0. The Balaban J connectivity index is 1.81. The minimum absolute atomic E-state index is 0.0754. The van der Waals surface area contributed by atoms with Gasteiger partial charge in [-0.15, -0.1) is 0 Å². The molecule has 1 saturated carbocycles. The Morgan fingerprint density at radius 2 is 2.17 bits per heavy atom. The largest absolute Gasteiger partial charge is 0.411 e. The fraction of sp³-hybridized carbons (Fsp3) is 0.600. The Morgan fingerprint density at radius 1 is 1.43 bits per heavy atom. The van der Waals surface area contributed by atoms with Crippen molar-refractivity contribution >= 4 is 19.9 Å². The van der Waals surface area contributed by atoms with Crippen LogP contribution in [0.2, 0.25) is 18.1 Å². The van der Waals surface area contributed by atoms with Gasteiger partial charge in [-0.25, -0.2) is 14.4 Å². The molecule has 30 heavy (non-hydrogen) atoms. The molecule has 8 nitrogen and oxygen atoms in total. The predicted molar refractivity (Wildman–Crippen MR) is 114 cm³/mol. The van der Waals surface area contributed by atoms with E-state index in [0.29, 0.717) is 6.42 Å². The van der Waals surface area contributed by atoms with Gasteiger partial charge in [0.05, 0.1) is 17.7 Å². The first-order valence-electron chi connectivity index (χ1n) is 10.1. The number of hydrogen-bond donors (Lipinski definition) is 3. The van der Waals surface area contributed by atoms with Crippen molar-refractivity contribution in [3.8, 4) is 0 Å². The third-order valence-corrected chi connectivity index (χ3v) is 10.7. The van der Waals surface area contributed by atoms with E-state index in [9.17, 15) is 9.90 Å². The van der Waals surface area contributed by atoms with Crippen LogP contribution in [0.4, 0.5) is 10.2 Å². The van der Waals surface area contributed by atoms with Gasteiger partial charge in [0, 0.05) is 24.9 Å². The van der Waals surface area contributed by atoms with Gasteiger partial charge in [0.15, 0.2) is 8.32 Å². The van der Waals surface area contributed by atoms with Crippen molar-refractivity contribution in [1.29, 1.82) is 0 Å². The number of rotatable bonds is 7. The Morgan fingerprint density at radius 3 is 2.77 bits per heavy atom. The number of carbonyl (C=O) groups excluding carboxylic acids is 1. The number of aromatic nitrogens is 4. The molecule has 0 radical (unpaired) electrons. The van der Waals surface area contributed by atoms with Crippen LogP contribution in [0.3, 0.4) is 0 Å². The van der Waals surface area contributed by atoms with E-state index in [0.717, 1.165) is 0 Å². The number of halogens is 1. The molecule has 0 unspecified atom stereocenters. The van der Waals surface area contributed by atoms with Crippen LogP contribution in [0.15, 0.2) is 24.8 Å². The summed E-state index contributed by atoms with van der Waals surface area (Å²) in [6.45, 7) is 10.3. The zero-order valence-electron chi connectivity index (χ0n) is 18.0. The zero-order valence-corrected chi connectivity index (χ0v) is 19.0. The van der Waals surface area contributed by atoms with E-state index in [1.807, 2.05) is 0 Å². The molecule has 4 atom stereocenters. The molecule has 164 valence electrons. The van der Waals surface area contributed by atoms with Gasteiger partial charge in [-0.2, -0.15) is 5.10 Å². The number of nitrogens with one attached hydrogen (secondary N) is 2. The maximum atomic E-state index is 15.5. The van der Waals surface area contributed by atoms with Gasteiger partial charge in [0.1, 0.15) is 24.0 Å². The SMILES string of the molecule is CC(C)(C)[Si](C)(C)O[C@@H]1[C@@H](CO)C[C@@H](Nc2ncncc2C(=O)c2cc[nH]n2)[C@H]1F. The molecule has 1 aliphatic rings. The lowest BCUT2D eigenvalue weighted by atomic mass is 10.1. The molecule has 2 aromatic rings. The van der Waals surface area contributed by atoms with Crippen molar-refractivity contribution < 1.29 is 18.7 Å². The number of H-pyrrole nitrogens is 1. The highest BCUT2D eigenvalue weighted by Gasteiger charge is 2.49. The Labute approximate surface area is 176 Å². The van der Waals surface area contributed by atoms with Crippen LogP contribution >= 0.6 is 0 Å². The lowest BCUT2D eigenvalue weighted by Crippen LogP contribution is -2.48. The topological polar surface area (TPSA) is 113 Å². The number of hydrogen-bond acceptors (Lipinski definition) is 7. The molecule has 0 bridgehead atoms. The molecule has 1 aliphatic carbocycles. The molecule has 2 aromatic heterocycles. The van der Waals surface area contributed by atoms with Gasteiger partial charge in [0.2, 0.25) is 5.78 Å². The lowest BCUT2D eigenvalue weighted by molar-refractivity contribution is 0.0530. The molecule has 10 heteroatoms. The van der Waals surface area contributed by atoms with Crippen molar-refractivity contribution in [2.45, 2.75) is 63.6 Å². The second-order valence-electron chi connectivity index (χ2n) is 9.29. The smallest absolute Gasteiger partial charge is 0.218 e. The monoisotopic (exact) mass is 435 g/mol. The molecular formula is C20H30FN5O3Si. The molecule has 3 rings (SSSR count). The highest BCUT2D eigenvalue weighted by atomic mass is 28.4. The van der Waals surface area contributed by atoms with Gasteiger partial charge in [-0.3, -0.25) is 9.89 Å².